The second kappa shape index (κ2) is 22.1. The van der Waals surface area contributed by atoms with Gasteiger partial charge in [0.05, 0.1) is 0 Å². The molecule has 0 unspecified atom stereocenters. The quantitative estimate of drug-likeness (QED) is 0.0914. The van der Waals surface area contributed by atoms with Gasteiger partial charge in [-0.1, -0.05) is 136 Å². The monoisotopic (exact) mass is 546 g/mol. The zero-order valence-electron chi connectivity index (χ0n) is 26.6. The number of hydrogen-bond donors (Lipinski definition) is 0. The number of ether oxygens (including phenoxy) is 1. The molecule has 2 heteroatoms. The average molecular weight is 547 g/mol. The second-order valence-corrected chi connectivity index (χ2v) is 11.9. The largest absolute Gasteiger partial charge is 0.461 e. The van der Waals surface area contributed by atoms with Crippen LogP contribution in [-0.2, 0) is 9.53 Å². The smallest absolute Gasteiger partial charge is 0.306 e. The fourth-order valence-corrected chi connectivity index (χ4v) is 4.90. The Morgan fingerprint density at radius 1 is 0.850 bits per heavy atom. The number of unbranched alkanes of at least 4 members (excludes halogenated alkanes) is 7. The maximum absolute atomic E-state index is 12.0. The molecule has 1 aliphatic carbocycles. The second-order valence-electron chi connectivity index (χ2n) is 11.9. The molecule has 0 aromatic heterocycles. The molecule has 0 amide bonds. The molecular formula is C38H58O2. The summed E-state index contributed by atoms with van der Waals surface area (Å²) in [7, 11) is 0. The average Bonchev–Trinajstić information content (AvgIpc) is 2.90. The van der Waals surface area contributed by atoms with E-state index in [1.807, 2.05) is 13.0 Å². The van der Waals surface area contributed by atoms with Crippen LogP contribution >= 0.6 is 0 Å². The van der Waals surface area contributed by atoms with E-state index >= 15 is 0 Å². The van der Waals surface area contributed by atoms with E-state index in [1.165, 1.54) is 74.5 Å². The van der Waals surface area contributed by atoms with Crippen molar-refractivity contribution in [1.82, 2.24) is 0 Å². The normalized spacial score (nSPS) is 17.1. The summed E-state index contributed by atoms with van der Waals surface area (Å²) < 4.78 is 5.39. The molecule has 40 heavy (non-hydrogen) atoms. The van der Waals surface area contributed by atoms with Gasteiger partial charge in [0.1, 0.15) is 6.61 Å². The first kappa shape index (κ1) is 35.4. The van der Waals surface area contributed by atoms with Crippen LogP contribution in [0.15, 0.2) is 95.2 Å². The van der Waals surface area contributed by atoms with E-state index in [4.69, 9.17) is 4.74 Å². The third-order valence-corrected chi connectivity index (χ3v) is 7.50. The van der Waals surface area contributed by atoms with Gasteiger partial charge in [-0.2, -0.15) is 0 Å². The topological polar surface area (TPSA) is 26.3 Å². The van der Waals surface area contributed by atoms with Gasteiger partial charge in [-0.05, 0) is 82.8 Å². The van der Waals surface area contributed by atoms with Crippen molar-refractivity contribution in [3.05, 3.63) is 95.2 Å². The van der Waals surface area contributed by atoms with E-state index < -0.39 is 0 Å². The molecule has 0 heterocycles. The minimum Gasteiger partial charge on any atom is -0.461 e. The van der Waals surface area contributed by atoms with Crippen LogP contribution in [0.5, 0.6) is 0 Å². The number of carbonyl (C=O) groups excluding carboxylic acids is 1. The highest BCUT2D eigenvalue weighted by Gasteiger charge is 2.26. The SMILES string of the molecule is CCCC/C=C/C=C/C=C/CCCCCCCC(=O)OC/C=C(C)/C=C/C=C(C)/C=C/C1=C(C)CCCC1(C)C. The lowest BCUT2D eigenvalue weighted by Crippen LogP contribution is -2.19. The van der Waals surface area contributed by atoms with Gasteiger partial charge < -0.3 is 4.74 Å². The third kappa shape index (κ3) is 17.9. The molecule has 0 spiro atoms. The summed E-state index contributed by atoms with van der Waals surface area (Å²) in [6, 6.07) is 0. The molecule has 1 aliphatic rings. The lowest BCUT2D eigenvalue weighted by molar-refractivity contribution is -0.142. The number of esters is 1. The van der Waals surface area contributed by atoms with E-state index in [1.54, 1.807) is 0 Å². The number of rotatable bonds is 19. The summed E-state index contributed by atoms with van der Waals surface area (Å²) in [5.41, 5.74) is 5.61. The summed E-state index contributed by atoms with van der Waals surface area (Å²) in [4.78, 5) is 12.0. The van der Waals surface area contributed by atoms with Gasteiger partial charge >= 0.3 is 5.97 Å². The van der Waals surface area contributed by atoms with Crippen molar-refractivity contribution in [3.63, 3.8) is 0 Å². The van der Waals surface area contributed by atoms with Crippen molar-refractivity contribution in [2.45, 2.75) is 125 Å². The molecule has 1 rings (SSSR count). The predicted molar refractivity (Wildman–Crippen MR) is 176 cm³/mol. The van der Waals surface area contributed by atoms with Crippen LogP contribution in [0.25, 0.3) is 0 Å². The molecule has 0 atom stereocenters. The van der Waals surface area contributed by atoms with Crippen molar-refractivity contribution in [2.75, 3.05) is 6.61 Å². The molecular weight excluding hydrogens is 488 g/mol. The fourth-order valence-electron chi connectivity index (χ4n) is 4.90. The highest BCUT2D eigenvalue weighted by Crippen LogP contribution is 2.40. The fraction of sp³-hybridized carbons (Fsp3) is 0.553. The minimum absolute atomic E-state index is 0.0948. The Balaban J connectivity index is 2.16. The Kier molecular flexibility index (Phi) is 19.6. The summed E-state index contributed by atoms with van der Waals surface area (Å²) in [5, 5.41) is 0. The predicted octanol–water partition coefficient (Wildman–Crippen LogP) is 11.7. The van der Waals surface area contributed by atoms with Crippen molar-refractivity contribution in [1.29, 1.82) is 0 Å². The number of hydrogen-bond acceptors (Lipinski definition) is 2. The van der Waals surface area contributed by atoms with Crippen LogP contribution in [0.3, 0.4) is 0 Å². The summed E-state index contributed by atoms with van der Waals surface area (Å²) in [6.07, 6.45) is 40.4. The lowest BCUT2D eigenvalue weighted by Gasteiger charge is -2.32. The molecule has 0 N–H and O–H groups in total. The van der Waals surface area contributed by atoms with Gasteiger partial charge in [0.2, 0.25) is 0 Å². The van der Waals surface area contributed by atoms with E-state index in [2.05, 4.69) is 101 Å². The Morgan fingerprint density at radius 3 is 2.23 bits per heavy atom. The van der Waals surface area contributed by atoms with Crippen LogP contribution in [-0.4, -0.2) is 12.6 Å². The van der Waals surface area contributed by atoms with E-state index in [0.29, 0.717) is 13.0 Å². The van der Waals surface area contributed by atoms with E-state index in [-0.39, 0.29) is 11.4 Å². The van der Waals surface area contributed by atoms with Crippen LogP contribution < -0.4 is 0 Å². The van der Waals surface area contributed by atoms with Crippen molar-refractivity contribution in [3.8, 4) is 0 Å². The number of carbonyl (C=O) groups is 1. The van der Waals surface area contributed by atoms with Gasteiger partial charge in [-0.25, -0.2) is 0 Å². The van der Waals surface area contributed by atoms with E-state index in [9.17, 15) is 4.79 Å². The standard InChI is InChI=1S/C38H58O2/c1-7-8-9-10-11-12-13-14-15-16-17-18-19-20-21-27-37(39)40-32-30-34(3)25-22-24-33(2)28-29-36-35(4)26-23-31-38(36,5)6/h10-15,22,24-25,28-30H,7-9,16-21,23,26-27,31-32H2,1-6H3/b11-10+,13-12+,15-14+,25-22+,29-28+,33-24+,34-30+. The molecule has 222 valence electrons. The first-order valence-electron chi connectivity index (χ1n) is 15.8. The Morgan fingerprint density at radius 2 is 1.52 bits per heavy atom. The maximum Gasteiger partial charge on any atom is 0.306 e. The Bertz CT molecular complexity index is 959. The molecule has 0 radical (unpaired) electrons. The van der Waals surface area contributed by atoms with Gasteiger partial charge in [0, 0.05) is 6.42 Å². The molecule has 0 bridgehead atoms. The van der Waals surface area contributed by atoms with Crippen molar-refractivity contribution < 1.29 is 9.53 Å². The minimum atomic E-state index is -0.0948. The maximum atomic E-state index is 12.0. The van der Waals surface area contributed by atoms with Gasteiger partial charge in [0.25, 0.3) is 0 Å². The van der Waals surface area contributed by atoms with Gasteiger partial charge in [-0.15, -0.1) is 0 Å². The van der Waals surface area contributed by atoms with Crippen LogP contribution in [0, 0.1) is 5.41 Å². The molecule has 0 saturated heterocycles. The highest BCUT2D eigenvalue weighted by atomic mass is 16.5. The van der Waals surface area contributed by atoms with E-state index in [0.717, 1.165) is 24.8 Å². The number of allylic oxidation sites excluding steroid dienone is 15. The molecule has 0 aliphatic heterocycles. The molecule has 0 aromatic rings. The van der Waals surface area contributed by atoms with Gasteiger partial charge in [0.15, 0.2) is 0 Å². The van der Waals surface area contributed by atoms with Gasteiger partial charge in [-0.3, -0.25) is 4.79 Å². The molecule has 0 fully saturated rings. The first-order valence-corrected chi connectivity index (χ1v) is 15.8. The van der Waals surface area contributed by atoms with Crippen LogP contribution in [0.2, 0.25) is 0 Å². The van der Waals surface area contributed by atoms with Crippen molar-refractivity contribution in [2.24, 2.45) is 5.41 Å². The lowest BCUT2D eigenvalue weighted by atomic mass is 9.72. The Labute approximate surface area is 247 Å². The van der Waals surface area contributed by atoms with Crippen LogP contribution in [0.1, 0.15) is 125 Å². The summed E-state index contributed by atoms with van der Waals surface area (Å²) >= 11 is 0. The van der Waals surface area contributed by atoms with Crippen LogP contribution in [0.4, 0.5) is 0 Å². The summed E-state index contributed by atoms with van der Waals surface area (Å²) in [5.74, 6) is -0.0948. The first-order chi connectivity index (χ1) is 19.3. The zero-order chi connectivity index (χ0) is 29.5. The molecule has 2 nitrogen and oxygen atoms in total. The third-order valence-electron chi connectivity index (χ3n) is 7.50. The zero-order valence-corrected chi connectivity index (χ0v) is 26.6. The molecule has 0 aromatic carbocycles. The highest BCUT2D eigenvalue weighted by molar-refractivity contribution is 5.69. The molecule has 0 saturated carbocycles. The Hall–Kier alpha value is -2.61. The summed E-state index contributed by atoms with van der Waals surface area (Å²) in [6.45, 7) is 13.7. The van der Waals surface area contributed by atoms with Crippen molar-refractivity contribution >= 4 is 5.97 Å².